The molecule has 0 spiro atoms. The Balaban J connectivity index is 2.02. The molecule has 2 rings (SSSR count). The SMILES string of the molecule is CCOc1ccc(C(=O)N2CCC[C@@H](NS(C)(=O)=O)C2)cc1. The van der Waals surface area contributed by atoms with Gasteiger partial charge in [-0.3, -0.25) is 4.79 Å². The second-order valence-corrected chi connectivity index (χ2v) is 7.22. The van der Waals surface area contributed by atoms with Gasteiger partial charge in [0.25, 0.3) is 5.91 Å². The molecule has 122 valence electrons. The first-order chi connectivity index (χ1) is 10.4. The first kappa shape index (κ1) is 16.8. The van der Waals surface area contributed by atoms with Gasteiger partial charge in [0.1, 0.15) is 5.75 Å². The van der Waals surface area contributed by atoms with Crippen molar-refractivity contribution >= 4 is 15.9 Å². The largest absolute Gasteiger partial charge is 0.494 e. The van der Waals surface area contributed by atoms with Crippen LogP contribution >= 0.6 is 0 Å². The van der Waals surface area contributed by atoms with E-state index >= 15 is 0 Å². The molecule has 1 atom stereocenters. The molecule has 1 aromatic carbocycles. The summed E-state index contributed by atoms with van der Waals surface area (Å²) in [6.45, 7) is 3.53. The molecule has 1 saturated heterocycles. The molecule has 0 saturated carbocycles. The number of nitrogens with zero attached hydrogens (tertiary/aromatic N) is 1. The predicted octanol–water partition coefficient (Wildman–Crippen LogP) is 1.24. The number of hydrogen-bond acceptors (Lipinski definition) is 4. The second kappa shape index (κ2) is 7.11. The molecular weight excluding hydrogens is 304 g/mol. The van der Waals surface area contributed by atoms with Crippen molar-refractivity contribution in [1.82, 2.24) is 9.62 Å². The van der Waals surface area contributed by atoms with Crippen LogP contribution in [0.1, 0.15) is 30.1 Å². The lowest BCUT2D eigenvalue weighted by molar-refractivity contribution is 0.0703. The Morgan fingerprint density at radius 2 is 2.05 bits per heavy atom. The average Bonchev–Trinajstić information content (AvgIpc) is 2.46. The molecule has 0 radical (unpaired) electrons. The van der Waals surface area contributed by atoms with Gasteiger partial charge in [-0.2, -0.15) is 0 Å². The highest BCUT2D eigenvalue weighted by Gasteiger charge is 2.26. The Labute approximate surface area is 131 Å². The summed E-state index contributed by atoms with van der Waals surface area (Å²) in [5.74, 6) is 0.650. The van der Waals surface area contributed by atoms with E-state index in [1.807, 2.05) is 6.92 Å². The Hall–Kier alpha value is -1.60. The lowest BCUT2D eigenvalue weighted by atomic mass is 10.1. The van der Waals surface area contributed by atoms with Crippen LogP contribution in [-0.4, -0.2) is 51.2 Å². The fraction of sp³-hybridized carbons (Fsp3) is 0.533. The maximum Gasteiger partial charge on any atom is 0.253 e. The topological polar surface area (TPSA) is 75.7 Å². The van der Waals surface area contributed by atoms with E-state index in [2.05, 4.69) is 4.72 Å². The summed E-state index contributed by atoms with van der Waals surface area (Å²) in [6, 6.07) is 6.80. The summed E-state index contributed by atoms with van der Waals surface area (Å²) in [4.78, 5) is 14.2. The van der Waals surface area contributed by atoms with E-state index in [0.29, 0.717) is 25.3 Å². The summed E-state index contributed by atoms with van der Waals surface area (Å²) >= 11 is 0. The van der Waals surface area contributed by atoms with E-state index in [0.717, 1.165) is 24.8 Å². The van der Waals surface area contributed by atoms with E-state index in [1.54, 1.807) is 29.2 Å². The van der Waals surface area contributed by atoms with Gasteiger partial charge in [0.05, 0.1) is 12.9 Å². The molecule has 0 bridgehead atoms. The summed E-state index contributed by atoms with van der Waals surface area (Å²) in [5.41, 5.74) is 0.587. The predicted molar refractivity (Wildman–Crippen MR) is 84.5 cm³/mol. The van der Waals surface area contributed by atoms with Gasteiger partial charge in [0.15, 0.2) is 0 Å². The Bertz CT molecular complexity index is 613. The summed E-state index contributed by atoms with van der Waals surface area (Å²) in [7, 11) is -3.25. The van der Waals surface area contributed by atoms with Crippen molar-refractivity contribution in [3.63, 3.8) is 0 Å². The van der Waals surface area contributed by atoms with Crippen molar-refractivity contribution in [1.29, 1.82) is 0 Å². The van der Waals surface area contributed by atoms with Crippen LogP contribution in [0.2, 0.25) is 0 Å². The minimum atomic E-state index is -3.25. The van der Waals surface area contributed by atoms with Gasteiger partial charge in [-0.05, 0) is 44.0 Å². The molecule has 0 unspecified atom stereocenters. The second-order valence-electron chi connectivity index (χ2n) is 5.44. The monoisotopic (exact) mass is 326 g/mol. The van der Waals surface area contributed by atoms with Gasteiger partial charge in [-0.15, -0.1) is 0 Å². The summed E-state index contributed by atoms with van der Waals surface area (Å²) < 4.78 is 30.6. The zero-order valence-electron chi connectivity index (χ0n) is 12.9. The van der Waals surface area contributed by atoms with Crippen molar-refractivity contribution < 1.29 is 17.9 Å². The van der Waals surface area contributed by atoms with Gasteiger partial charge in [0, 0.05) is 24.7 Å². The third kappa shape index (κ3) is 4.71. The first-order valence-electron chi connectivity index (χ1n) is 7.38. The Morgan fingerprint density at radius 3 is 2.64 bits per heavy atom. The molecule has 7 heteroatoms. The molecule has 0 aromatic heterocycles. The smallest absolute Gasteiger partial charge is 0.253 e. The minimum Gasteiger partial charge on any atom is -0.494 e. The third-order valence-electron chi connectivity index (χ3n) is 3.50. The molecule has 0 aliphatic carbocycles. The van der Waals surface area contributed by atoms with Crippen molar-refractivity contribution in [3.8, 4) is 5.75 Å². The summed E-state index contributed by atoms with van der Waals surface area (Å²) in [6.07, 6.45) is 2.68. The number of likely N-dealkylation sites (tertiary alicyclic amines) is 1. The number of piperidine rings is 1. The van der Waals surface area contributed by atoms with Gasteiger partial charge in [0.2, 0.25) is 10.0 Å². The molecule has 22 heavy (non-hydrogen) atoms. The number of ether oxygens (including phenoxy) is 1. The van der Waals surface area contributed by atoms with E-state index in [4.69, 9.17) is 4.74 Å². The van der Waals surface area contributed by atoms with Gasteiger partial charge < -0.3 is 9.64 Å². The van der Waals surface area contributed by atoms with Crippen LogP contribution in [0.15, 0.2) is 24.3 Å². The number of benzene rings is 1. The van der Waals surface area contributed by atoms with Crippen LogP contribution < -0.4 is 9.46 Å². The molecule has 1 aliphatic heterocycles. The Morgan fingerprint density at radius 1 is 1.36 bits per heavy atom. The van der Waals surface area contributed by atoms with Crippen LogP contribution in [0, 0.1) is 0 Å². The van der Waals surface area contributed by atoms with E-state index in [1.165, 1.54) is 0 Å². The Kier molecular flexibility index (Phi) is 5.42. The zero-order chi connectivity index (χ0) is 16.2. The third-order valence-corrected chi connectivity index (χ3v) is 4.26. The quantitative estimate of drug-likeness (QED) is 0.883. The minimum absolute atomic E-state index is 0.0805. The molecule has 1 fully saturated rings. The first-order valence-corrected chi connectivity index (χ1v) is 9.27. The van der Waals surface area contributed by atoms with Crippen molar-refractivity contribution in [2.75, 3.05) is 26.0 Å². The average molecular weight is 326 g/mol. The van der Waals surface area contributed by atoms with Crippen LogP contribution in [0.4, 0.5) is 0 Å². The molecule has 6 nitrogen and oxygen atoms in total. The van der Waals surface area contributed by atoms with Gasteiger partial charge in [-0.1, -0.05) is 0 Å². The number of carbonyl (C=O) groups is 1. The van der Waals surface area contributed by atoms with Crippen LogP contribution in [0.3, 0.4) is 0 Å². The number of sulfonamides is 1. The van der Waals surface area contributed by atoms with E-state index in [9.17, 15) is 13.2 Å². The highest BCUT2D eigenvalue weighted by molar-refractivity contribution is 7.88. The number of rotatable bonds is 5. The highest BCUT2D eigenvalue weighted by atomic mass is 32.2. The zero-order valence-corrected chi connectivity index (χ0v) is 13.7. The normalized spacial score (nSPS) is 19.0. The van der Waals surface area contributed by atoms with E-state index < -0.39 is 10.0 Å². The van der Waals surface area contributed by atoms with Crippen molar-refractivity contribution in [2.45, 2.75) is 25.8 Å². The number of carbonyl (C=O) groups excluding carboxylic acids is 1. The number of nitrogens with one attached hydrogen (secondary N) is 1. The van der Waals surface area contributed by atoms with Crippen LogP contribution in [0.25, 0.3) is 0 Å². The standard InChI is InChI=1S/C15H22N2O4S/c1-3-21-14-8-6-12(7-9-14)15(18)17-10-4-5-13(11-17)16-22(2,19)20/h6-9,13,16H,3-5,10-11H2,1-2H3/t13-/m1/s1. The molecule has 1 N–H and O–H groups in total. The molecule has 1 aliphatic rings. The van der Waals surface area contributed by atoms with Crippen molar-refractivity contribution in [2.24, 2.45) is 0 Å². The lowest BCUT2D eigenvalue weighted by Crippen LogP contribution is -2.49. The number of hydrogen-bond donors (Lipinski definition) is 1. The lowest BCUT2D eigenvalue weighted by Gasteiger charge is -2.32. The van der Waals surface area contributed by atoms with Gasteiger partial charge >= 0.3 is 0 Å². The molecule has 1 amide bonds. The summed E-state index contributed by atoms with van der Waals surface area (Å²) in [5, 5.41) is 0. The molecular formula is C15H22N2O4S. The molecule has 1 heterocycles. The van der Waals surface area contributed by atoms with Gasteiger partial charge in [-0.25, -0.2) is 13.1 Å². The van der Waals surface area contributed by atoms with Crippen LogP contribution in [0.5, 0.6) is 5.75 Å². The van der Waals surface area contributed by atoms with Crippen molar-refractivity contribution in [3.05, 3.63) is 29.8 Å². The maximum atomic E-state index is 12.5. The fourth-order valence-corrected chi connectivity index (χ4v) is 3.40. The number of amides is 1. The fourth-order valence-electron chi connectivity index (χ4n) is 2.60. The van der Waals surface area contributed by atoms with Crippen LogP contribution in [-0.2, 0) is 10.0 Å². The molecule has 1 aromatic rings. The maximum absolute atomic E-state index is 12.5. The highest BCUT2D eigenvalue weighted by Crippen LogP contribution is 2.17. The van der Waals surface area contributed by atoms with E-state index in [-0.39, 0.29) is 11.9 Å².